The first kappa shape index (κ1) is 45.9. The Morgan fingerprint density at radius 3 is 1.24 bits per heavy atom. The minimum absolute atomic E-state index is 0.0105. The third-order valence-electron chi connectivity index (χ3n) is 10.2. The lowest BCUT2D eigenvalue weighted by atomic mass is 10.0. The number of carboxylic acid groups (broad SMARTS) is 4. The van der Waals surface area contributed by atoms with E-state index in [-0.39, 0.29) is 59.9 Å². The molecule has 0 bridgehead atoms. The van der Waals surface area contributed by atoms with E-state index >= 15 is 0 Å². The van der Waals surface area contributed by atoms with Gasteiger partial charge < -0.3 is 67.9 Å². The fourth-order valence-electron chi connectivity index (χ4n) is 7.05. The first-order valence-corrected chi connectivity index (χ1v) is 20.2. The van der Waals surface area contributed by atoms with Crippen molar-refractivity contribution >= 4 is 45.8 Å². The highest BCUT2D eigenvalue weighted by molar-refractivity contribution is 5.90. The summed E-state index contributed by atoms with van der Waals surface area (Å²) in [4.78, 5) is 69.1. The molecule has 0 spiro atoms. The number of hydrogen-bond acceptors (Lipinski definition) is 16. The number of aromatic carboxylic acids is 2. The van der Waals surface area contributed by atoms with Crippen molar-refractivity contribution in [3.63, 3.8) is 0 Å². The molecular weight excluding hydrogens is 872 g/mol. The van der Waals surface area contributed by atoms with Crippen molar-refractivity contribution in [3.05, 3.63) is 128 Å². The SMILES string of the molecule is O=C(O)C1CCc2c(OCC(O)COc3cccc4c3CCC(C(=O)O)O4)cccc2O1.O=C(O)c1cc(=O)c2c(OCC(O)COc3cccc4oc(C(=O)O)cc(=O)c34)cccc2o1. The molecule has 20 nitrogen and oxygen atoms in total. The molecule has 0 radical (unpaired) electrons. The smallest absolute Gasteiger partial charge is 0.371 e. The molecule has 2 aliphatic heterocycles. The predicted molar refractivity (Wildman–Crippen MR) is 227 cm³/mol. The zero-order chi connectivity index (χ0) is 47.1. The van der Waals surface area contributed by atoms with E-state index < -0.39 is 70.7 Å². The average molecular weight is 913 g/mol. The summed E-state index contributed by atoms with van der Waals surface area (Å²) in [6.07, 6.45) is -2.16. The van der Waals surface area contributed by atoms with Gasteiger partial charge in [0.05, 0.1) is 0 Å². The fourth-order valence-corrected chi connectivity index (χ4v) is 7.05. The summed E-state index contributed by atoms with van der Waals surface area (Å²) in [5.74, 6) is -3.63. The van der Waals surface area contributed by atoms with Crippen LogP contribution in [-0.2, 0) is 22.4 Å². The number of aliphatic hydroxyl groups excluding tert-OH is 2. The van der Waals surface area contributed by atoms with Crippen LogP contribution in [0, 0.1) is 0 Å². The largest absolute Gasteiger partial charge is 0.490 e. The molecule has 0 aliphatic carbocycles. The van der Waals surface area contributed by atoms with E-state index in [9.17, 15) is 39.0 Å². The van der Waals surface area contributed by atoms with Crippen molar-refractivity contribution < 1.29 is 87.1 Å². The van der Waals surface area contributed by atoms with Gasteiger partial charge in [0.2, 0.25) is 11.5 Å². The molecule has 8 rings (SSSR count). The number of fused-ring (bicyclic) bond motifs is 4. The number of benzene rings is 4. The van der Waals surface area contributed by atoms with Gasteiger partial charge in [0.15, 0.2) is 23.1 Å². The summed E-state index contributed by atoms with van der Waals surface area (Å²) in [5, 5.41) is 57.0. The van der Waals surface area contributed by atoms with Crippen LogP contribution in [0.1, 0.15) is 45.1 Å². The maximum absolute atomic E-state index is 12.3. The van der Waals surface area contributed by atoms with Crippen molar-refractivity contribution in [2.24, 2.45) is 0 Å². The minimum atomic E-state index is -1.39. The van der Waals surface area contributed by atoms with Gasteiger partial charge in [0.25, 0.3) is 0 Å². The van der Waals surface area contributed by atoms with Gasteiger partial charge in [-0.25, -0.2) is 19.2 Å². The molecule has 2 unspecified atom stereocenters. The Morgan fingerprint density at radius 2 is 0.879 bits per heavy atom. The number of hydrogen-bond donors (Lipinski definition) is 6. The molecule has 6 aromatic rings. The van der Waals surface area contributed by atoms with Crippen molar-refractivity contribution in [2.45, 2.75) is 50.1 Å². The van der Waals surface area contributed by atoms with Crippen molar-refractivity contribution in [3.8, 4) is 34.5 Å². The lowest BCUT2D eigenvalue weighted by molar-refractivity contribution is -0.146. The van der Waals surface area contributed by atoms with Gasteiger partial charge in [-0.1, -0.05) is 24.3 Å². The Kier molecular flexibility index (Phi) is 14.0. The Bertz CT molecular complexity index is 2720. The predicted octanol–water partition coefficient (Wildman–Crippen LogP) is 4.18. The first-order valence-electron chi connectivity index (χ1n) is 20.2. The average Bonchev–Trinajstić information content (AvgIpc) is 3.30. The standard InChI is InChI=1S/C23H16O11.C23H24O9/c24-11(9-31-14-3-1-5-16-20(14)12(25)7-18(33-16)22(27)28)10-32-15-4-2-6-17-21(15)13(26)8-19(34-17)23(29)30;24-13(11-29-16-3-1-5-18-14(16)7-9-20(31-18)22(25)26)12-30-17-4-2-6-19-15(17)8-10-21(32-19)23(27)28/h1-8,11,24H,9-10H2,(H,27,28)(H,29,30);1-6,13,20-21,24H,7-12H2,(H,25,26)(H,27,28). The van der Waals surface area contributed by atoms with Crippen LogP contribution in [0.15, 0.2) is 103 Å². The van der Waals surface area contributed by atoms with Crippen LogP contribution in [0.4, 0.5) is 0 Å². The third kappa shape index (κ3) is 10.6. The van der Waals surface area contributed by atoms with Crippen LogP contribution in [-0.4, -0.2) is 105 Å². The van der Waals surface area contributed by atoms with E-state index in [1.165, 1.54) is 36.4 Å². The Balaban J connectivity index is 0.000000197. The first-order chi connectivity index (χ1) is 31.7. The van der Waals surface area contributed by atoms with Crippen LogP contribution in [0.2, 0.25) is 0 Å². The molecule has 0 saturated heterocycles. The van der Waals surface area contributed by atoms with E-state index in [2.05, 4.69) is 0 Å². The molecule has 2 atom stereocenters. The van der Waals surface area contributed by atoms with Gasteiger partial charge in [-0.05, 0) is 74.2 Å². The topological polar surface area (TPSA) is 305 Å². The number of aliphatic hydroxyl groups is 2. The molecule has 4 aromatic carbocycles. The van der Waals surface area contributed by atoms with E-state index in [1.54, 1.807) is 36.4 Å². The van der Waals surface area contributed by atoms with Gasteiger partial charge in [0, 0.05) is 23.3 Å². The molecule has 2 aliphatic rings. The summed E-state index contributed by atoms with van der Waals surface area (Å²) in [7, 11) is 0. The fraction of sp³-hybridized carbons (Fsp3) is 0.261. The Morgan fingerprint density at radius 1 is 0.530 bits per heavy atom. The number of rotatable bonds is 16. The van der Waals surface area contributed by atoms with Crippen LogP contribution in [0.5, 0.6) is 34.5 Å². The zero-order valence-corrected chi connectivity index (χ0v) is 34.4. The summed E-state index contributed by atoms with van der Waals surface area (Å²) >= 11 is 0. The summed E-state index contributed by atoms with van der Waals surface area (Å²) in [5.41, 5.74) is 0.333. The second-order valence-corrected chi connectivity index (χ2v) is 14.8. The van der Waals surface area contributed by atoms with Crippen LogP contribution in [0.25, 0.3) is 21.9 Å². The maximum atomic E-state index is 12.3. The molecule has 2 aromatic heterocycles. The Labute approximate surface area is 371 Å². The quantitative estimate of drug-likeness (QED) is 0.0793. The molecule has 344 valence electrons. The second kappa shape index (κ2) is 20.2. The molecule has 66 heavy (non-hydrogen) atoms. The van der Waals surface area contributed by atoms with Gasteiger partial charge >= 0.3 is 23.9 Å². The normalized spacial score (nSPS) is 15.4. The van der Waals surface area contributed by atoms with Gasteiger partial charge in [-0.3, -0.25) is 9.59 Å². The Hall–Kier alpha value is -8.10. The molecule has 6 N–H and O–H groups in total. The monoisotopic (exact) mass is 912 g/mol. The number of carbonyl (C=O) groups is 4. The molecule has 0 saturated carbocycles. The number of aliphatic carboxylic acids is 2. The van der Waals surface area contributed by atoms with Gasteiger partial charge in [-0.2, -0.15) is 0 Å². The number of ether oxygens (including phenoxy) is 6. The van der Waals surface area contributed by atoms with E-state index in [4.69, 9.17) is 57.7 Å². The van der Waals surface area contributed by atoms with E-state index in [1.807, 2.05) is 0 Å². The second-order valence-electron chi connectivity index (χ2n) is 14.8. The third-order valence-corrected chi connectivity index (χ3v) is 10.2. The van der Waals surface area contributed by atoms with Gasteiger partial charge in [0.1, 0.15) is 95.1 Å². The van der Waals surface area contributed by atoms with Crippen LogP contribution >= 0.6 is 0 Å². The molecule has 0 fully saturated rings. The van der Waals surface area contributed by atoms with Crippen molar-refractivity contribution in [2.75, 3.05) is 26.4 Å². The molecule has 0 amide bonds. The summed E-state index contributed by atoms with van der Waals surface area (Å²) in [6.45, 7) is -0.652. The van der Waals surface area contributed by atoms with Crippen molar-refractivity contribution in [1.82, 2.24) is 0 Å². The highest BCUT2D eigenvalue weighted by Gasteiger charge is 2.29. The molecular formula is C46H40O20. The van der Waals surface area contributed by atoms with Crippen LogP contribution in [0.3, 0.4) is 0 Å². The summed E-state index contributed by atoms with van der Waals surface area (Å²) < 4.78 is 43.9. The van der Waals surface area contributed by atoms with Crippen LogP contribution < -0.4 is 39.3 Å². The van der Waals surface area contributed by atoms with Crippen molar-refractivity contribution in [1.29, 1.82) is 0 Å². The minimum Gasteiger partial charge on any atom is -0.490 e. The van der Waals surface area contributed by atoms with Gasteiger partial charge in [-0.15, -0.1) is 0 Å². The maximum Gasteiger partial charge on any atom is 0.371 e. The molecule has 4 heterocycles. The lowest BCUT2D eigenvalue weighted by Gasteiger charge is -2.26. The lowest BCUT2D eigenvalue weighted by Crippen LogP contribution is -2.31. The summed E-state index contributed by atoms with van der Waals surface area (Å²) in [6, 6.07) is 20.7. The molecule has 20 heteroatoms. The highest BCUT2D eigenvalue weighted by atomic mass is 16.5. The number of carboxylic acids is 4. The van der Waals surface area contributed by atoms with E-state index in [0.717, 1.165) is 23.3 Å². The zero-order valence-electron chi connectivity index (χ0n) is 34.4. The highest BCUT2D eigenvalue weighted by Crippen LogP contribution is 2.36. The van der Waals surface area contributed by atoms with E-state index in [0.29, 0.717) is 48.7 Å².